The minimum absolute atomic E-state index is 0.180. The number of nitrogens with one attached hydrogen (secondary N) is 1. The van der Waals surface area contributed by atoms with E-state index in [1.54, 1.807) is 32.1 Å². The number of fused-ring (bicyclic) bond motifs is 1. The van der Waals surface area contributed by atoms with Crippen LogP contribution in [-0.2, 0) is 22.6 Å². The standard InChI is InChI=1S/C28H28ClFN2O4S/c1-17(27(33)31-13-12-18-8-11-23(35-2)24(14-18)36-3)26-28(34)32(22-6-4-5-7-25(22)37-26)16-19-9-10-20(30)15-21(19)29/h4-11,14-15,17,26H,12-13,16H2,1-3H3,(H,31,33)/t17-,26+/m0/s1. The fourth-order valence-electron chi connectivity index (χ4n) is 4.20. The Morgan fingerprint density at radius 2 is 1.86 bits per heavy atom. The topological polar surface area (TPSA) is 67.9 Å². The van der Waals surface area contributed by atoms with Crippen LogP contribution >= 0.6 is 23.4 Å². The van der Waals surface area contributed by atoms with Crippen molar-refractivity contribution in [2.75, 3.05) is 25.7 Å². The van der Waals surface area contributed by atoms with Gasteiger partial charge in [-0.2, -0.15) is 0 Å². The zero-order valence-electron chi connectivity index (χ0n) is 20.8. The lowest BCUT2D eigenvalue weighted by Gasteiger charge is -2.36. The Bertz CT molecular complexity index is 1300. The molecule has 37 heavy (non-hydrogen) atoms. The smallest absolute Gasteiger partial charge is 0.241 e. The maximum Gasteiger partial charge on any atom is 0.241 e. The number of nitrogens with zero attached hydrogens (tertiary/aromatic N) is 1. The van der Waals surface area contributed by atoms with Crippen molar-refractivity contribution in [3.8, 4) is 11.5 Å². The fraction of sp³-hybridized carbons (Fsp3) is 0.286. The summed E-state index contributed by atoms with van der Waals surface area (Å²) in [6.07, 6.45) is 0.600. The Hall–Kier alpha value is -3.23. The molecule has 0 fully saturated rings. The van der Waals surface area contributed by atoms with E-state index < -0.39 is 17.0 Å². The van der Waals surface area contributed by atoms with Crippen LogP contribution in [-0.4, -0.2) is 37.8 Å². The minimum atomic E-state index is -0.616. The van der Waals surface area contributed by atoms with Crippen molar-refractivity contribution in [1.82, 2.24) is 5.32 Å². The molecule has 9 heteroatoms. The van der Waals surface area contributed by atoms with E-state index in [2.05, 4.69) is 5.32 Å². The molecule has 3 aromatic rings. The van der Waals surface area contributed by atoms with E-state index in [1.165, 1.54) is 23.9 Å². The van der Waals surface area contributed by atoms with Crippen molar-refractivity contribution < 1.29 is 23.5 Å². The molecule has 1 aliphatic rings. The van der Waals surface area contributed by atoms with Crippen LogP contribution in [0.15, 0.2) is 65.6 Å². The van der Waals surface area contributed by atoms with Gasteiger partial charge in [-0.15, -0.1) is 11.8 Å². The SMILES string of the molecule is COc1ccc(CCNC(=O)[C@@H](C)[C@H]2Sc3ccccc3N(Cc3ccc(F)cc3Cl)C2=O)cc1OC. The molecule has 0 bridgehead atoms. The zero-order valence-corrected chi connectivity index (χ0v) is 22.4. The van der Waals surface area contributed by atoms with E-state index in [0.29, 0.717) is 30.0 Å². The number of hydrogen-bond donors (Lipinski definition) is 1. The summed E-state index contributed by atoms with van der Waals surface area (Å²) in [5.41, 5.74) is 2.36. The third-order valence-electron chi connectivity index (χ3n) is 6.29. The van der Waals surface area contributed by atoms with E-state index in [9.17, 15) is 14.0 Å². The van der Waals surface area contributed by atoms with Crippen LogP contribution in [0.2, 0.25) is 5.02 Å². The van der Waals surface area contributed by atoms with Gasteiger partial charge in [-0.25, -0.2) is 4.39 Å². The number of carbonyl (C=O) groups is 2. The summed E-state index contributed by atoms with van der Waals surface area (Å²) < 4.78 is 24.2. The Morgan fingerprint density at radius 1 is 1.11 bits per heavy atom. The number of para-hydroxylation sites is 1. The Labute approximate surface area is 225 Å². The lowest BCUT2D eigenvalue weighted by atomic mass is 10.0. The Balaban J connectivity index is 1.46. The molecule has 1 N–H and O–H groups in total. The van der Waals surface area contributed by atoms with Gasteiger partial charge in [0.2, 0.25) is 11.8 Å². The molecule has 0 spiro atoms. The summed E-state index contributed by atoms with van der Waals surface area (Å²) >= 11 is 7.64. The first kappa shape index (κ1) is 26.8. The highest BCUT2D eigenvalue weighted by atomic mass is 35.5. The van der Waals surface area contributed by atoms with E-state index in [4.69, 9.17) is 21.1 Å². The second kappa shape index (κ2) is 11.9. The number of carbonyl (C=O) groups excluding carboxylic acids is 2. The fourth-order valence-corrected chi connectivity index (χ4v) is 5.72. The van der Waals surface area contributed by atoms with E-state index in [1.807, 2.05) is 42.5 Å². The molecule has 0 radical (unpaired) electrons. The summed E-state index contributed by atoms with van der Waals surface area (Å²) in [4.78, 5) is 29.2. The van der Waals surface area contributed by atoms with E-state index >= 15 is 0 Å². The number of benzene rings is 3. The molecule has 2 atom stereocenters. The number of anilines is 1. The lowest BCUT2D eigenvalue weighted by Crippen LogP contribution is -2.47. The van der Waals surface area contributed by atoms with Gasteiger partial charge in [0.1, 0.15) is 11.1 Å². The quantitative estimate of drug-likeness (QED) is 0.387. The highest BCUT2D eigenvalue weighted by Crippen LogP contribution is 2.42. The van der Waals surface area contributed by atoms with Crippen LogP contribution < -0.4 is 19.7 Å². The largest absolute Gasteiger partial charge is 0.493 e. The molecule has 0 saturated carbocycles. The third-order valence-corrected chi connectivity index (χ3v) is 8.11. The number of halogens is 2. The normalized spacial score (nSPS) is 15.6. The Morgan fingerprint density at radius 3 is 2.59 bits per heavy atom. The molecule has 4 rings (SSSR count). The minimum Gasteiger partial charge on any atom is -0.493 e. The van der Waals surface area contributed by atoms with Gasteiger partial charge in [0.15, 0.2) is 11.5 Å². The molecule has 1 heterocycles. The van der Waals surface area contributed by atoms with Gasteiger partial charge in [-0.3, -0.25) is 9.59 Å². The van der Waals surface area contributed by atoms with Gasteiger partial charge in [0, 0.05) is 16.5 Å². The highest BCUT2D eigenvalue weighted by Gasteiger charge is 2.39. The summed E-state index contributed by atoms with van der Waals surface area (Å²) in [7, 11) is 3.16. The van der Waals surface area contributed by atoms with Crippen molar-refractivity contribution in [2.45, 2.75) is 30.0 Å². The molecule has 2 amide bonds. The summed E-state index contributed by atoms with van der Waals surface area (Å²) in [5.74, 6) is -0.141. The first-order chi connectivity index (χ1) is 17.8. The van der Waals surface area contributed by atoms with Gasteiger partial charge in [0.05, 0.1) is 32.4 Å². The number of thioether (sulfide) groups is 1. The second-order valence-electron chi connectivity index (χ2n) is 8.69. The average Bonchev–Trinajstić information content (AvgIpc) is 2.90. The van der Waals surface area contributed by atoms with E-state index in [-0.39, 0.29) is 23.4 Å². The number of methoxy groups -OCH3 is 2. The zero-order chi connectivity index (χ0) is 26.5. The third kappa shape index (κ3) is 6.02. The van der Waals surface area contributed by atoms with Gasteiger partial charge in [-0.1, -0.05) is 42.8 Å². The predicted octanol–water partition coefficient (Wildman–Crippen LogP) is 5.50. The van der Waals surface area contributed by atoms with Crippen LogP contribution in [0.1, 0.15) is 18.1 Å². The molecule has 0 aromatic heterocycles. The molecular formula is C28H28ClFN2O4S. The van der Waals surface area contributed by atoms with Crippen LogP contribution in [0.3, 0.4) is 0 Å². The van der Waals surface area contributed by atoms with Gasteiger partial charge in [0.25, 0.3) is 0 Å². The molecule has 6 nitrogen and oxygen atoms in total. The van der Waals surface area contributed by atoms with Crippen molar-refractivity contribution in [3.63, 3.8) is 0 Å². The molecule has 3 aromatic carbocycles. The molecule has 0 aliphatic carbocycles. The van der Waals surface area contributed by atoms with Crippen LogP contribution in [0.25, 0.3) is 0 Å². The van der Waals surface area contributed by atoms with Crippen LogP contribution in [0.5, 0.6) is 11.5 Å². The van der Waals surface area contributed by atoms with Crippen molar-refractivity contribution in [1.29, 1.82) is 0 Å². The van der Waals surface area contributed by atoms with Gasteiger partial charge >= 0.3 is 0 Å². The summed E-state index contributed by atoms with van der Waals surface area (Å²) in [6.45, 7) is 2.35. The number of ether oxygens (including phenoxy) is 2. The van der Waals surface area contributed by atoms with Crippen molar-refractivity contribution >= 4 is 40.9 Å². The number of rotatable bonds is 9. The van der Waals surface area contributed by atoms with E-state index in [0.717, 1.165) is 16.1 Å². The molecule has 0 unspecified atom stereocenters. The lowest BCUT2D eigenvalue weighted by molar-refractivity contribution is -0.128. The monoisotopic (exact) mass is 542 g/mol. The molecular weight excluding hydrogens is 515 g/mol. The summed E-state index contributed by atoms with van der Waals surface area (Å²) in [5, 5.41) is 2.60. The summed E-state index contributed by atoms with van der Waals surface area (Å²) in [6, 6.07) is 17.3. The van der Waals surface area contributed by atoms with Crippen molar-refractivity contribution in [3.05, 3.63) is 82.6 Å². The number of hydrogen-bond acceptors (Lipinski definition) is 5. The van der Waals surface area contributed by atoms with Crippen molar-refractivity contribution in [2.24, 2.45) is 5.92 Å². The maximum atomic E-state index is 13.6. The second-order valence-corrected chi connectivity index (χ2v) is 10.3. The maximum absolute atomic E-state index is 13.6. The first-order valence-electron chi connectivity index (χ1n) is 11.8. The predicted molar refractivity (Wildman–Crippen MR) is 144 cm³/mol. The Kier molecular flexibility index (Phi) is 8.61. The van der Waals surface area contributed by atoms with Crippen LogP contribution in [0.4, 0.5) is 10.1 Å². The highest BCUT2D eigenvalue weighted by molar-refractivity contribution is 8.01. The molecule has 0 saturated heterocycles. The van der Waals surface area contributed by atoms with Crippen LogP contribution in [0, 0.1) is 11.7 Å². The van der Waals surface area contributed by atoms with Gasteiger partial charge < -0.3 is 19.7 Å². The molecule has 1 aliphatic heterocycles. The van der Waals surface area contributed by atoms with Gasteiger partial charge in [-0.05, 0) is 53.9 Å². The average molecular weight is 543 g/mol. The number of amides is 2. The molecule has 194 valence electrons. The first-order valence-corrected chi connectivity index (χ1v) is 13.1.